The van der Waals surface area contributed by atoms with Crippen molar-refractivity contribution in [3.8, 4) is 28.5 Å². The highest BCUT2D eigenvalue weighted by Crippen LogP contribution is 2.32. The minimum Gasteiger partial charge on any atom is -0.497 e. The van der Waals surface area contributed by atoms with Crippen LogP contribution < -0.4 is 20.3 Å². The smallest absolute Gasteiger partial charge is 0.258 e. The van der Waals surface area contributed by atoms with Gasteiger partial charge in [0, 0.05) is 35.3 Å². The van der Waals surface area contributed by atoms with Crippen LogP contribution in [0.5, 0.6) is 17.2 Å². The second kappa shape index (κ2) is 9.13. The normalized spacial score (nSPS) is 14.4. The number of aromatic nitrogens is 4. The lowest BCUT2D eigenvalue weighted by molar-refractivity contribution is 0.362. The third-order valence-corrected chi connectivity index (χ3v) is 6.71. The van der Waals surface area contributed by atoms with Crippen molar-refractivity contribution < 1.29 is 9.47 Å². The fourth-order valence-corrected chi connectivity index (χ4v) is 4.87. The number of pyridine rings is 1. The van der Waals surface area contributed by atoms with Gasteiger partial charge in [-0.1, -0.05) is 12.1 Å². The first-order valence-corrected chi connectivity index (χ1v) is 12.1. The molecule has 4 heterocycles. The highest BCUT2D eigenvalue weighted by Gasteiger charge is 2.18. The van der Waals surface area contributed by atoms with Gasteiger partial charge in [0.15, 0.2) is 11.4 Å². The van der Waals surface area contributed by atoms with Crippen LogP contribution in [-0.4, -0.2) is 39.4 Å². The van der Waals surface area contributed by atoms with E-state index < -0.39 is 0 Å². The van der Waals surface area contributed by atoms with E-state index in [1.54, 1.807) is 11.6 Å². The van der Waals surface area contributed by atoms with Crippen molar-refractivity contribution in [1.29, 1.82) is 0 Å². The van der Waals surface area contributed by atoms with Crippen molar-refractivity contribution >= 4 is 16.4 Å². The summed E-state index contributed by atoms with van der Waals surface area (Å²) in [5.41, 5.74) is 3.14. The molecule has 1 aliphatic rings. The molecule has 0 unspecified atom stereocenters. The van der Waals surface area contributed by atoms with Crippen molar-refractivity contribution in [3.63, 3.8) is 0 Å². The Balaban J connectivity index is 1.41. The lowest BCUT2D eigenvalue weighted by atomic mass is 10.0. The zero-order valence-electron chi connectivity index (χ0n) is 20.3. The van der Waals surface area contributed by atoms with Crippen molar-refractivity contribution in [3.05, 3.63) is 83.0 Å². The number of rotatable bonds is 5. The van der Waals surface area contributed by atoms with Crippen molar-refractivity contribution in [1.82, 2.24) is 24.5 Å². The maximum atomic E-state index is 13.2. The summed E-state index contributed by atoms with van der Waals surface area (Å²) in [4.78, 5) is 17.8. The van der Waals surface area contributed by atoms with E-state index in [2.05, 4.69) is 10.3 Å². The number of aryl methyl sites for hydroxylation is 1. The average Bonchev–Trinajstić information content (AvgIpc) is 3.30. The van der Waals surface area contributed by atoms with Crippen LogP contribution in [0, 0.1) is 6.92 Å². The van der Waals surface area contributed by atoms with E-state index >= 15 is 0 Å². The van der Waals surface area contributed by atoms with Crippen LogP contribution in [0.4, 0.5) is 0 Å². The van der Waals surface area contributed by atoms with E-state index in [1.807, 2.05) is 78.5 Å². The summed E-state index contributed by atoms with van der Waals surface area (Å²) in [6, 6.07) is 17.5. The molecular formula is C28H27N5O3. The highest BCUT2D eigenvalue weighted by atomic mass is 16.5. The van der Waals surface area contributed by atoms with Crippen LogP contribution in [0.25, 0.3) is 27.7 Å². The van der Waals surface area contributed by atoms with Crippen LogP contribution in [-0.2, 0) is 0 Å². The lowest BCUT2D eigenvalue weighted by Crippen LogP contribution is -2.34. The molecule has 1 fully saturated rings. The molecule has 1 aliphatic heterocycles. The van der Waals surface area contributed by atoms with Gasteiger partial charge in [0.25, 0.3) is 5.56 Å². The van der Waals surface area contributed by atoms with E-state index in [0.717, 1.165) is 48.3 Å². The van der Waals surface area contributed by atoms with Crippen molar-refractivity contribution in [2.75, 3.05) is 20.2 Å². The standard InChI is InChI=1S/C28H27N5O3/c1-18-17-33-27(30-18)26(36-23-5-3-4-22(15-23)35-2)16-25(31-33)20-6-7-24-19(14-20)10-13-32(28(24)34)21-8-11-29-12-9-21/h3-7,10,13-17,21,29H,8-9,11-12H2,1-2H3. The molecule has 0 amide bonds. The monoisotopic (exact) mass is 481 g/mol. The molecule has 8 heteroatoms. The fourth-order valence-electron chi connectivity index (χ4n) is 4.87. The molecule has 1 N–H and O–H groups in total. The number of nitrogens with zero attached hydrogens (tertiary/aromatic N) is 4. The van der Waals surface area contributed by atoms with E-state index in [0.29, 0.717) is 28.3 Å². The van der Waals surface area contributed by atoms with E-state index in [4.69, 9.17) is 14.6 Å². The Morgan fingerprint density at radius 1 is 1.03 bits per heavy atom. The molecule has 2 aromatic carbocycles. The first-order chi connectivity index (χ1) is 17.6. The van der Waals surface area contributed by atoms with Crippen molar-refractivity contribution in [2.45, 2.75) is 25.8 Å². The highest BCUT2D eigenvalue weighted by molar-refractivity contribution is 5.86. The fraction of sp³-hybridized carbons (Fsp3) is 0.250. The van der Waals surface area contributed by atoms with E-state index in [-0.39, 0.29) is 11.6 Å². The first kappa shape index (κ1) is 22.3. The molecule has 8 nitrogen and oxygen atoms in total. The Morgan fingerprint density at radius 2 is 1.86 bits per heavy atom. The number of hydrogen-bond donors (Lipinski definition) is 1. The molecule has 0 aliphatic carbocycles. The summed E-state index contributed by atoms with van der Waals surface area (Å²) in [6.07, 6.45) is 5.73. The Labute approximate surface area is 208 Å². The quantitative estimate of drug-likeness (QED) is 0.390. The molecule has 0 spiro atoms. The van der Waals surface area contributed by atoms with Gasteiger partial charge >= 0.3 is 0 Å². The summed E-state index contributed by atoms with van der Waals surface area (Å²) >= 11 is 0. The van der Waals surface area contributed by atoms with Gasteiger partial charge < -0.3 is 19.4 Å². The first-order valence-electron chi connectivity index (χ1n) is 12.1. The average molecular weight is 482 g/mol. The maximum Gasteiger partial charge on any atom is 0.258 e. The predicted molar refractivity (Wildman–Crippen MR) is 139 cm³/mol. The Hall–Kier alpha value is -4.17. The van der Waals surface area contributed by atoms with E-state index in [9.17, 15) is 4.79 Å². The van der Waals surface area contributed by atoms with Gasteiger partial charge in [0.2, 0.25) is 0 Å². The maximum absolute atomic E-state index is 13.2. The summed E-state index contributed by atoms with van der Waals surface area (Å²) in [5, 5.41) is 9.75. The number of benzene rings is 2. The number of methoxy groups -OCH3 is 1. The minimum absolute atomic E-state index is 0.0571. The van der Waals surface area contributed by atoms with Gasteiger partial charge in [-0.15, -0.1) is 0 Å². The number of hydrogen-bond acceptors (Lipinski definition) is 6. The lowest BCUT2D eigenvalue weighted by Gasteiger charge is -2.25. The number of ether oxygens (including phenoxy) is 2. The number of nitrogens with one attached hydrogen (secondary N) is 1. The summed E-state index contributed by atoms with van der Waals surface area (Å²) in [5.74, 6) is 1.94. The molecule has 3 aromatic heterocycles. The molecule has 36 heavy (non-hydrogen) atoms. The van der Waals surface area contributed by atoms with Gasteiger partial charge in [-0.05, 0) is 68.6 Å². The molecule has 0 atom stereocenters. The van der Waals surface area contributed by atoms with E-state index in [1.165, 1.54) is 0 Å². The molecule has 0 radical (unpaired) electrons. The van der Waals surface area contributed by atoms with Crippen LogP contribution in [0.15, 0.2) is 71.8 Å². The summed E-state index contributed by atoms with van der Waals surface area (Å²) in [7, 11) is 1.63. The van der Waals surface area contributed by atoms with Gasteiger partial charge in [-0.2, -0.15) is 5.10 Å². The van der Waals surface area contributed by atoms with Gasteiger partial charge in [-0.25, -0.2) is 9.50 Å². The van der Waals surface area contributed by atoms with Crippen LogP contribution in [0.1, 0.15) is 24.6 Å². The molecule has 0 bridgehead atoms. The van der Waals surface area contributed by atoms with Gasteiger partial charge in [0.05, 0.1) is 24.7 Å². The largest absolute Gasteiger partial charge is 0.497 e. The van der Waals surface area contributed by atoms with Gasteiger partial charge in [0.1, 0.15) is 11.5 Å². The summed E-state index contributed by atoms with van der Waals surface area (Å²) in [6.45, 7) is 3.80. The SMILES string of the molecule is COc1cccc(Oc2cc(-c3ccc4c(=O)n(C5CCNCC5)ccc4c3)nn3cc(C)nc23)c1. The zero-order chi connectivity index (χ0) is 24.6. The van der Waals surface area contributed by atoms with Crippen LogP contribution >= 0.6 is 0 Å². The zero-order valence-corrected chi connectivity index (χ0v) is 20.3. The molecule has 1 saturated heterocycles. The molecule has 6 rings (SSSR count). The minimum atomic E-state index is 0.0571. The molecule has 182 valence electrons. The molecule has 0 saturated carbocycles. The Morgan fingerprint density at radius 3 is 2.69 bits per heavy atom. The molecule has 5 aromatic rings. The Bertz CT molecular complexity index is 1630. The number of imidazole rings is 1. The van der Waals surface area contributed by atoms with Crippen LogP contribution in [0.2, 0.25) is 0 Å². The van der Waals surface area contributed by atoms with Crippen molar-refractivity contribution in [2.24, 2.45) is 0 Å². The summed E-state index contributed by atoms with van der Waals surface area (Å²) < 4.78 is 15.2. The Kier molecular flexibility index (Phi) is 5.65. The van der Waals surface area contributed by atoms with Crippen LogP contribution in [0.3, 0.4) is 0 Å². The van der Waals surface area contributed by atoms with Gasteiger partial charge in [-0.3, -0.25) is 4.79 Å². The predicted octanol–water partition coefficient (Wildman–Crippen LogP) is 4.75. The number of piperidine rings is 1. The molecular weight excluding hydrogens is 454 g/mol. The number of fused-ring (bicyclic) bond motifs is 2. The second-order valence-electron chi connectivity index (χ2n) is 9.14. The third kappa shape index (κ3) is 4.09. The second-order valence-corrected chi connectivity index (χ2v) is 9.14. The topological polar surface area (TPSA) is 82.7 Å². The third-order valence-electron chi connectivity index (χ3n) is 6.71.